The lowest BCUT2D eigenvalue weighted by Gasteiger charge is -2.35. The Morgan fingerprint density at radius 3 is 2.83 bits per heavy atom. The average Bonchev–Trinajstić information content (AvgIpc) is 2.29. The van der Waals surface area contributed by atoms with Crippen molar-refractivity contribution < 1.29 is 29.6 Å². The minimum Gasteiger partial charge on any atom is -0.478 e. The molecule has 1 saturated heterocycles. The first kappa shape index (κ1) is 15.1. The molecule has 6 heteroatoms. The topological polar surface area (TPSA) is 96.2 Å². The van der Waals surface area contributed by atoms with Crippen molar-refractivity contribution in [2.24, 2.45) is 0 Å². The van der Waals surface area contributed by atoms with Gasteiger partial charge in [-0.3, -0.25) is 0 Å². The molecule has 1 heterocycles. The van der Waals surface area contributed by atoms with Crippen LogP contribution in [0.2, 0.25) is 0 Å². The van der Waals surface area contributed by atoms with E-state index >= 15 is 0 Å². The number of hydrogen-bond donors (Lipinski definition) is 3. The first-order valence-corrected chi connectivity index (χ1v) is 6.03. The van der Waals surface area contributed by atoms with Crippen LogP contribution in [0.5, 0.6) is 0 Å². The number of aliphatic hydroxyl groups is 2. The molecule has 0 radical (unpaired) electrons. The second kappa shape index (κ2) is 7.48. The van der Waals surface area contributed by atoms with E-state index in [-0.39, 0.29) is 12.5 Å². The Balaban J connectivity index is 2.17. The quantitative estimate of drug-likeness (QED) is 0.469. The van der Waals surface area contributed by atoms with Gasteiger partial charge in [-0.25, -0.2) is 4.79 Å². The van der Waals surface area contributed by atoms with Gasteiger partial charge in [-0.1, -0.05) is 6.08 Å². The summed E-state index contributed by atoms with van der Waals surface area (Å²) in [6.45, 7) is 2.09. The van der Waals surface area contributed by atoms with E-state index in [1.54, 1.807) is 13.0 Å². The van der Waals surface area contributed by atoms with Gasteiger partial charge >= 0.3 is 5.97 Å². The fourth-order valence-corrected chi connectivity index (χ4v) is 1.68. The van der Waals surface area contributed by atoms with E-state index in [4.69, 9.17) is 14.6 Å². The minimum atomic E-state index is -0.968. The Bertz CT molecular complexity index is 290. The van der Waals surface area contributed by atoms with Crippen LogP contribution in [0.4, 0.5) is 0 Å². The van der Waals surface area contributed by atoms with Crippen molar-refractivity contribution in [3.05, 3.63) is 12.2 Å². The fourth-order valence-electron chi connectivity index (χ4n) is 1.68. The first-order valence-electron chi connectivity index (χ1n) is 6.03. The van der Waals surface area contributed by atoms with Crippen LogP contribution in [0.15, 0.2) is 12.2 Å². The molecular weight excluding hydrogens is 240 g/mol. The number of allylic oxidation sites excluding steroid dienone is 1. The molecule has 0 amide bonds. The van der Waals surface area contributed by atoms with Crippen LogP contribution in [0, 0.1) is 0 Å². The van der Waals surface area contributed by atoms with E-state index in [0.717, 1.165) is 6.08 Å². The zero-order valence-corrected chi connectivity index (χ0v) is 10.4. The number of carbonyl (C=O) groups is 1. The van der Waals surface area contributed by atoms with E-state index in [1.807, 2.05) is 0 Å². The number of carboxylic acid groups (broad SMARTS) is 1. The Kier molecular flexibility index (Phi) is 6.28. The molecule has 4 atom stereocenters. The van der Waals surface area contributed by atoms with Crippen molar-refractivity contribution in [3.8, 4) is 0 Å². The maximum absolute atomic E-state index is 10.2. The molecule has 1 aliphatic rings. The molecule has 0 aliphatic carbocycles. The number of rotatable bonds is 6. The van der Waals surface area contributed by atoms with E-state index in [1.165, 1.54) is 0 Å². The summed E-state index contributed by atoms with van der Waals surface area (Å²) in [7, 11) is 0. The van der Waals surface area contributed by atoms with Gasteiger partial charge in [-0.05, 0) is 19.8 Å². The van der Waals surface area contributed by atoms with Crippen LogP contribution >= 0.6 is 0 Å². The molecule has 0 aromatic carbocycles. The van der Waals surface area contributed by atoms with Crippen LogP contribution in [0.25, 0.3) is 0 Å². The summed E-state index contributed by atoms with van der Waals surface area (Å²) in [6.07, 6.45) is 1.55. The largest absolute Gasteiger partial charge is 0.478 e. The summed E-state index contributed by atoms with van der Waals surface area (Å²) in [5.41, 5.74) is 0. The average molecular weight is 260 g/mol. The van der Waals surface area contributed by atoms with E-state index in [0.29, 0.717) is 19.4 Å². The molecule has 1 aliphatic heterocycles. The summed E-state index contributed by atoms with van der Waals surface area (Å²) in [4.78, 5) is 10.2. The van der Waals surface area contributed by atoms with Gasteiger partial charge in [-0.15, -0.1) is 0 Å². The van der Waals surface area contributed by atoms with Crippen LogP contribution in [-0.4, -0.2) is 52.5 Å². The minimum absolute atomic E-state index is 0.241. The molecule has 104 valence electrons. The fraction of sp³-hybridized carbons (Fsp3) is 0.750. The normalized spacial score (nSPS) is 32.8. The van der Waals surface area contributed by atoms with Crippen LogP contribution in [-0.2, 0) is 14.3 Å². The zero-order chi connectivity index (χ0) is 13.5. The van der Waals surface area contributed by atoms with Gasteiger partial charge in [0.1, 0.15) is 6.10 Å². The lowest BCUT2D eigenvalue weighted by atomic mass is 10.0. The standard InChI is InChI=1S/C12H20O6/c1-8-9(13)7-10(14)12(18-8)17-6-4-2-3-5-11(15)16/h3,5,8-10,12-14H,2,4,6-7H2,1H3,(H,15,16)/b5-3+/t8?,9-,10-,12-/m1/s1. The molecule has 0 saturated carbocycles. The number of aliphatic hydroxyl groups excluding tert-OH is 2. The van der Waals surface area contributed by atoms with Gasteiger partial charge in [0.05, 0.1) is 18.8 Å². The van der Waals surface area contributed by atoms with Crippen molar-refractivity contribution in [2.45, 2.75) is 50.8 Å². The molecule has 0 bridgehead atoms. The van der Waals surface area contributed by atoms with Crippen molar-refractivity contribution in [1.82, 2.24) is 0 Å². The molecule has 0 spiro atoms. The number of hydrogen-bond acceptors (Lipinski definition) is 5. The van der Waals surface area contributed by atoms with Crippen LogP contribution in [0.1, 0.15) is 26.2 Å². The molecule has 1 unspecified atom stereocenters. The number of carboxylic acids is 1. The highest BCUT2D eigenvalue weighted by atomic mass is 16.7. The number of aliphatic carboxylic acids is 1. The Hall–Kier alpha value is -0.950. The molecule has 0 aromatic rings. The Morgan fingerprint density at radius 2 is 2.17 bits per heavy atom. The molecule has 18 heavy (non-hydrogen) atoms. The monoisotopic (exact) mass is 260 g/mol. The number of unbranched alkanes of at least 4 members (excludes halogenated alkanes) is 1. The Labute approximate surface area is 106 Å². The van der Waals surface area contributed by atoms with Crippen molar-refractivity contribution in [2.75, 3.05) is 6.61 Å². The summed E-state index contributed by atoms with van der Waals surface area (Å²) in [5, 5.41) is 27.5. The van der Waals surface area contributed by atoms with Crippen molar-refractivity contribution in [3.63, 3.8) is 0 Å². The molecule has 1 rings (SSSR count). The predicted octanol–water partition coefficient (Wildman–Crippen LogP) is 0.281. The van der Waals surface area contributed by atoms with Crippen LogP contribution in [0.3, 0.4) is 0 Å². The van der Waals surface area contributed by atoms with E-state index in [2.05, 4.69) is 0 Å². The summed E-state index contributed by atoms with van der Waals surface area (Å²) >= 11 is 0. The third kappa shape index (κ3) is 5.14. The van der Waals surface area contributed by atoms with Crippen LogP contribution < -0.4 is 0 Å². The third-order valence-electron chi connectivity index (χ3n) is 2.75. The SMILES string of the molecule is CC1O[C@@H](OCCC/C=C/C(=O)O)[C@H](O)C[C@H]1O. The lowest BCUT2D eigenvalue weighted by Crippen LogP contribution is -2.47. The summed E-state index contributed by atoms with van der Waals surface area (Å²) in [5.74, 6) is -0.968. The molecular formula is C12H20O6. The van der Waals surface area contributed by atoms with Gasteiger partial charge < -0.3 is 24.8 Å². The smallest absolute Gasteiger partial charge is 0.327 e. The first-order chi connectivity index (χ1) is 8.50. The maximum Gasteiger partial charge on any atom is 0.327 e. The third-order valence-corrected chi connectivity index (χ3v) is 2.75. The highest BCUT2D eigenvalue weighted by Gasteiger charge is 2.34. The summed E-state index contributed by atoms with van der Waals surface area (Å²) < 4.78 is 10.7. The molecule has 6 nitrogen and oxygen atoms in total. The Morgan fingerprint density at radius 1 is 1.44 bits per heavy atom. The van der Waals surface area contributed by atoms with Gasteiger partial charge in [0.2, 0.25) is 0 Å². The molecule has 0 aromatic heterocycles. The number of ether oxygens (including phenoxy) is 2. The second-order valence-corrected chi connectivity index (χ2v) is 4.33. The van der Waals surface area contributed by atoms with Crippen molar-refractivity contribution in [1.29, 1.82) is 0 Å². The van der Waals surface area contributed by atoms with Gasteiger partial charge in [0.25, 0.3) is 0 Å². The predicted molar refractivity (Wildman–Crippen MR) is 62.9 cm³/mol. The highest BCUT2D eigenvalue weighted by molar-refractivity contribution is 5.79. The van der Waals surface area contributed by atoms with E-state index in [9.17, 15) is 15.0 Å². The van der Waals surface area contributed by atoms with Crippen molar-refractivity contribution >= 4 is 5.97 Å². The summed E-state index contributed by atoms with van der Waals surface area (Å²) in [6, 6.07) is 0. The maximum atomic E-state index is 10.2. The van der Waals surface area contributed by atoms with Gasteiger partial charge in [-0.2, -0.15) is 0 Å². The highest BCUT2D eigenvalue weighted by Crippen LogP contribution is 2.21. The molecule has 1 fully saturated rings. The van der Waals surface area contributed by atoms with Gasteiger partial charge in [0.15, 0.2) is 6.29 Å². The lowest BCUT2D eigenvalue weighted by molar-refractivity contribution is -0.260. The van der Waals surface area contributed by atoms with E-state index < -0.39 is 24.5 Å². The zero-order valence-electron chi connectivity index (χ0n) is 10.4. The second-order valence-electron chi connectivity index (χ2n) is 4.33. The molecule has 3 N–H and O–H groups in total. The van der Waals surface area contributed by atoms with Gasteiger partial charge in [0, 0.05) is 12.5 Å².